The van der Waals surface area contributed by atoms with Crippen molar-refractivity contribution in [3.05, 3.63) is 50.4 Å². The van der Waals surface area contributed by atoms with Crippen molar-refractivity contribution >= 4 is 22.6 Å². The Bertz CT molecular complexity index is 544. The van der Waals surface area contributed by atoms with E-state index in [0.29, 0.717) is 0 Å². The summed E-state index contributed by atoms with van der Waals surface area (Å²) in [5.74, 6) is 0. The second-order valence-corrected chi connectivity index (χ2v) is 5.79. The lowest BCUT2D eigenvalue weighted by atomic mass is 10.1. The minimum atomic E-state index is -0.463. The van der Waals surface area contributed by atoms with Gasteiger partial charge in [-0.3, -0.25) is 4.68 Å². The highest BCUT2D eigenvalue weighted by molar-refractivity contribution is 14.1. The maximum Gasteiger partial charge on any atom is 0.0797 e. The quantitative estimate of drug-likeness (QED) is 0.858. The monoisotopic (exact) mass is 356 g/mol. The second kappa shape index (κ2) is 5.40. The van der Waals surface area contributed by atoms with Crippen LogP contribution in [0.25, 0.3) is 0 Å². The van der Waals surface area contributed by atoms with Crippen molar-refractivity contribution in [1.82, 2.24) is 9.78 Å². The molecule has 2 aromatic rings. The molecular formula is C14H17IN2O. The fourth-order valence-electron chi connectivity index (χ4n) is 2.23. The van der Waals surface area contributed by atoms with Crippen LogP contribution < -0.4 is 0 Å². The largest absolute Gasteiger partial charge is 0.389 e. The molecule has 0 fully saturated rings. The molecule has 0 amide bonds. The van der Waals surface area contributed by atoms with Gasteiger partial charge in [0.15, 0.2) is 0 Å². The number of hydrogen-bond donors (Lipinski definition) is 1. The molecule has 1 unspecified atom stereocenters. The van der Waals surface area contributed by atoms with Gasteiger partial charge in [-0.15, -0.1) is 0 Å². The van der Waals surface area contributed by atoms with Crippen LogP contribution >= 0.6 is 22.6 Å². The summed E-state index contributed by atoms with van der Waals surface area (Å²) in [4.78, 5) is 0. The van der Waals surface area contributed by atoms with Crippen LogP contribution in [0.15, 0.2) is 24.3 Å². The van der Waals surface area contributed by atoms with Gasteiger partial charge in [0.2, 0.25) is 0 Å². The predicted octanol–water partition coefficient (Wildman–Crippen LogP) is 3.21. The highest BCUT2D eigenvalue weighted by Gasteiger charge is 2.15. The molecule has 1 atom stereocenters. The highest BCUT2D eigenvalue weighted by Crippen LogP contribution is 2.21. The molecule has 0 aliphatic rings. The molecule has 3 nitrogen and oxygen atoms in total. The van der Waals surface area contributed by atoms with Gasteiger partial charge in [0.1, 0.15) is 0 Å². The Kier molecular flexibility index (Phi) is 4.07. The zero-order valence-corrected chi connectivity index (χ0v) is 13.0. The molecule has 0 saturated heterocycles. The van der Waals surface area contributed by atoms with Crippen molar-refractivity contribution in [2.75, 3.05) is 0 Å². The minimum absolute atomic E-state index is 0.463. The number of benzene rings is 1. The van der Waals surface area contributed by atoms with E-state index < -0.39 is 6.10 Å². The van der Waals surface area contributed by atoms with E-state index in [1.807, 2.05) is 18.5 Å². The SMILES string of the molecule is Cc1nn(Cc2ccc(I)cc2)c(C)c1C(C)O. The number of nitrogens with zero attached hydrogens (tertiary/aromatic N) is 2. The third kappa shape index (κ3) is 2.75. The van der Waals surface area contributed by atoms with E-state index in [1.165, 1.54) is 9.13 Å². The average Bonchev–Trinajstić information content (AvgIpc) is 2.57. The summed E-state index contributed by atoms with van der Waals surface area (Å²) in [6, 6.07) is 8.41. The number of hydrogen-bond acceptors (Lipinski definition) is 2. The number of rotatable bonds is 3. The van der Waals surface area contributed by atoms with Gasteiger partial charge < -0.3 is 5.11 Å². The Morgan fingerprint density at radius 3 is 2.39 bits per heavy atom. The first kappa shape index (κ1) is 13.5. The minimum Gasteiger partial charge on any atom is -0.389 e. The van der Waals surface area contributed by atoms with Gasteiger partial charge >= 0.3 is 0 Å². The molecule has 18 heavy (non-hydrogen) atoms. The molecule has 0 aliphatic heterocycles. The van der Waals surface area contributed by atoms with Gasteiger partial charge in [-0.1, -0.05) is 12.1 Å². The van der Waals surface area contributed by atoms with E-state index in [1.54, 1.807) is 6.92 Å². The normalized spacial score (nSPS) is 12.7. The average molecular weight is 356 g/mol. The Morgan fingerprint density at radius 2 is 1.89 bits per heavy atom. The van der Waals surface area contributed by atoms with Crippen LogP contribution in [0.4, 0.5) is 0 Å². The maximum absolute atomic E-state index is 9.75. The van der Waals surface area contributed by atoms with Crippen LogP contribution in [0.2, 0.25) is 0 Å². The number of aromatic nitrogens is 2. The standard InChI is InChI=1S/C14H17IN2O/c1-9-14(11(3)18)10(2)17(16-9)8-12-4-6-13(15)7-5-12/h4-7,11,18H,8H2,1-3H3. The molecule has 0 bridgehead atoms. The van der Waals surface area contributed by atoms with Crippen LogP contribution in [0.5, 0.6) is 0 Å². The summed E-state index contributed by atoms with van der Waals surface area (Å²) in [6.45, 7) is 6.48. The van der Waals surface area contributed by atoms with Gasteiger partial charge in [-0.05, 0) is 61.1 Å². The molecular weight excluding hydrogens is 339 g/mol. The van der Waals surface area contributed by atoms with Crippen molar-refractivity contribution in [2.45, 2.75) is 33.4 Å². The van der Waals surface area contributed by atoms with Crippen LogP contribution in [0.3, 0.4) is 0 Å². The van der Waals surface area contributed by atoms with Crippen LogP contribution in [0, 0.1) is 17.4 Å². The summed E-state index contributed by atoms with van der Waals surface area (Å²) in [5, 5.41) is 14.3. The summed E-state index contributed by atoms with van der Waals surface area (Å²) in [7, 11) is 0. The van der Waals surface area contributed by atoms with Crippen molar-refractivity contribution in [1.29, 1.82) is 0 Å². The Balaban J connectivity index is 2.30. The van der Waals surface area contributed by atoms with Crippen LogP contribution in [-0.4, -0.2) is 14.9 Å². The lowest BCUT2D eigenvalue weighted by Crippen LogP contribution is -2.04. The molecule has 1 N–H and O–H groups in total. The van der Waals surface area contributed by atoms with Gasteiger partial charge in [0.05, 0.1) is 18.3 Å². The van der Waals surface area contributed by atoms with Crippen molar-refractivity contribution in [3.8, 4) is 0 Å². The molecule has 1 heterocycles. The Morgan fingerprint density at radius 1 is 1.28 bits per heavy atom. The molecule has 0 saturated carbocycles. The third-order valence-electron chi connectivity index (χ3n) is 3.10. The molecule has 1 aromatic carbocycles. The van der Waals surface area contributed by atoms with Gasteiger partial charge in [0.25, 0.3) is 0 Å². The van der Waals surface area contributed by atoms with Crippen LogP contribution in [-0.2, 0) is 6.54 Å². The molecule has 0 spiro atoms. The zero-order chi connectivity index (χ0) is 13.3. The van der Waals surface area contributed by atoms with E-state index in [0.717, 1.165) is 23.5 Å². The predicted molar refractivity (Wildman–Crippen MR) is 80.6 cm³/mol. The molecule has 0 radical (unpaired) electrons. The summed E-state index contributed by atoms with van der Waals surface area (Å²) in [6.07, 6.45) is -0.463. The lowest BCUT2D eigenvalue weighted by Gasteiger charge is -2.07. The van der Waals surface area contributed by atoms with E-state index in [9.17, 15) is 5.11 Å². The molecule has 0 aliphatic carbocycles. The molecule has 1 aromatic heterocycles. The van der Waals surface area contributed by atoms with E-state index in [4.69, 9.17) is 0 Å². The number of halogens is 1. The van der Waals surface area contributed by atoms with Gasteiger partial charge in [0, 0.05) is 14.8 Å². The van der Waals surface area contributed by atoms with Gasteiger partial charge in [-0.25, -0.2) is 0 Å². The van der Waals surface area contributed by atoms with E-state index >= 15 is 0 Å². The lowest BCUT2D eigenvalue weighted by molar-refractivity contribution is 0.197. The topological polar surface area (TPSA) is 38.0 Å². The second-order valence-electron chi connectivity index (χ2n) is 4.54. The van der Waals surface area contributed by atoms with Crippen LogP contribution in [0.1, 0.15) is 35.5 Å². The summed E-state index contributed by atoms with van der Waals surface area (Å²) >= 11 is 2.30. The zero-order valence-electron chi connectivity index (χ0n) is 10.8. The van der Waals surface area contributed by atoms with E-state index in [-0.39, 0.29) is 0 Å². The first-order chi connectivity index (χ1) is 8.49. The van der Waals surface area contributed by atoms with Crippen molar-refractivity contribution in [2.24, 2.45) is 0 Å². The summed E-state index contributed by atoms with van der Waals surface area (Å²) < 4.78 is 3.19. The number of aryl methyl sites for hydroxylation is 1. The van der Waals surface area contributed by atoms with E-state index in [2.05, 4.69) is 52.0 Å². The fourth-order valence-corrected chi connectivity index (χ4v) is 2.59. The Hall–Kier alpha value is -0.880. The first-order valence-electron chi connectivity index (χ1n) is 5.95. The molecule has 2 rings (SSSR count). The maximum atomic E-state index is 9.75. The first-order valence-corrected chi connectivity index (χ1v) is 7.03. The summed E-state index contributed by atoms with van der Waals surface area (Å²) in [5.41, 5.74) is 4.12. The van der Waals surface area contributed by atoms with Crippen molar-refractivity contribution < 1.29 is 5.11 Å². The fraction of sp³-hybridized carbons (Fsp3) is 0.357. The molecule has 4 heteroatoms. The number of aliphatic hydroxyl groups excluding tert-OH is 1. The highest BCUT2D eigenvalue weighted by atomic mass is 127. The number of aliphatic hydroxyl groups is 1. The van der Waals surface area contributed by atoms with Crippen molar-refractivity contribution in [3.63, 3.8) is 0 Å². The molecule has 96 valence electrons. The Labute approximate surface area is 121 Å². The third-order valence-corrected chi connectivity index (χ3v) is 3.82. The smallest absolute Gasteiger partial charge is 0.0797 e. The van der Waals surface area contributed by atoms with Gasteiger partial charge in [-0.2, -0.15) is 5.10 Å².